The van der Waals surface area contributed by atoms with Crippen LogP contribution in [0.15, 0.2) is 54.6 Å². The van der Waals surface area contributed by atoms with Crippen LogP contribution in [0.2, 0.25) is 0 Å². The molecule has 1 fully saturated rings. The molecule has 1 aliphatic rings. The third-order valence-electron chi connectivity index (χ3n) is 5.86. The Kier molecular flexibility index (Phi) is 5.77. The third-order valence-corrected chi connectivity index (χ3v) is 5.86. The number of hydrogen-bond donors (Lipinski definition) is 1. The quantitative estimate of drug-likeness (QED) is 0.720. The number of nitrogens with two attached hydrogens (primary N) is 1. The van der Waals surface area contributed by atoms with Crippen LogP contribution >= 0.6 is 0 Å². The van der Waals surface area contributed by atoms with E-state index in [1.54, 1.807) is 7.11 Å². The van der Waals surface area contributed by atoms with Gasteiger partial charge in [-0.25, -0.2) is 0 Å². The molecule has 0 aromatic heterocycles. The zero-order valence-electron chi connectivity index (χ0n) is 15.8. The number of methoxy groups -OCH3 is 1. The average Bonchev–Trinajstić information content (AvgIpc) is 3.51. The van der Waals surface area contributed by atoms with Crippen LogP contribution in [-0.2, 0) is 21.4 Å². The van der Waals surface area contributed by atoms with Crippen LogP contribution < -0.4 is 5.73 Å². The highest BCUT2D eigenvalue weighted by Crippen LogP contribution is 2.51. The van der Waals surface area contributed by atoms with Crippen molar-refractivity contribution in [1.82, 2.24) is 0 Å². The summed E-state index contributed by atoms with van der Waals surface area (Å²) in [5.74, 6) is 0.425. The number of amides is 1. The van der Waals surface area contributed by atoms with E-state index in [-0.39, 0.29) is 17.4 Å². The lowest BCUT2D eigenvalue weighted by molar-refractivity contribution is -0.118. The van der Waals surface area contributed by atoms with E-state index in [0.717, 1.165) is 12.8 Å². The Bertz CT molecular complexity index is 739. The van der Waals surface area contributed by atoms with Gasteiger partial charge in [0.15, 0.2) is 0 Å². The second-order valence-electron chi connectivity index (χ2n) is 7.65. The molecule has 0 radical (unpaired) electrons. The van der Waals surface area contributed by atoms with E-state index >= 15 is 0 Å². The molecule has 0 heterocycles. The minimum absolute atomic E-state index is 0.000598. The molecule has 138 valence electrons. The summed E-state index contributed by atoms with van der Waals surface area (Å²) >= 11 is 0. The fraction of sp³-hybridized carbons (Fsp3) is 0.435. The van der Waals surface area contributed by atoms with Gasteiger partial charge in [0.2, 0.25) is 5.91 Å². The van der Waals surface area contributed by atoms with Gasteiger partial charge < -0.3 is 10.5 Å². The Morgan fingerprint density at radius 2 is 1.81 bits per heavy atom. The number of benzene rings is 2. The maximum Gasteiger partial charge on any atom is 0.217 e. The monoisotopic (exact) mass is 351 g/mol. The standard InChI is InChI=1S/C23H29NO2/c1-23(19-12-13-19,15-14-22(24)25)20-11-7-6-10-18(20)16-21(26-2)17-8-4-3-5-9-17/h3-11,19,21H,12-16H2,1-2H3,(H2,24,25). The van der Waals surface area contributed by atoms with Gasteiger partial charge >= 0.3 is 0 Å². The van der Waals surface area contributed by atoms with Gasteiger partial charge in [0.25, 0.3) is 0 Å². The second kappa shape index (κ2) is 8.05. The van der Waals surface area contributed by atoms with Gasteiger partial charge in [-0.15, -0.1) is 0 Å². The van der Waals surface area contributed by atoms with Crippen molar-refractivity contribution in [3.63, 3.8) is 0 Å². The molecule has 3 nitrogen and oxygen atoms in total. The van der Waals surface area contributed by atoms with Gasteiger partial charge in [0.05, 0.1) is 6.10 Å². The van der Waals surface area contributed by atoms with Crippen molar-refractivity contribution in [2.75, 3.05) is 7.11 Å². The molecule has 2 aromatic rings. The van der Waals surface area contributed by atoms with Gasteiger partial charge in [-0.1, -0.05) is 61.5 Å². The predicted molar refractivity (Wildman–Crippen MR) is 105 cm³/mol. The van der Waals surface area contributed by atoms with Crippen molar-refractivity contribution < 1.29 is 9.53 Å². The van der Waals surface area contributed by atoms with E-state index in [0.29, 0.717) is 12.3 Å². The maximum atomic E-state index is 11.4. The molecule has 2 aromatic carbocycles. The van der Waals surface area contributed by atoms with E-state index in [2.05, 4.69) is 55.5 Å². The summed E-state index contributed by atoms with van der Waals surface area (Å²) in [5.41, 5.74) is 9.30. The van der Waals surface area contributed by atoms with Gasteiger partial charge in [-0.2, -0.15) is 0 Å². The molecule has 26 heavy (non-hydrogen) atoms. The zero-order valence-corrected chi connectivity index (χ0v) is 15.8. The first-order valence-corrected chi connectivity index (χ1v) is 9.49. The molecule has 0 bridgehead atoms. The summed E-state index contributed by atoms with van der Waals surface area (Å²) in [4.78, 5) is 11.4. The van der Waals surface area contributed by atoms with Gasteiger partial charge in [-0.05, 0) is 47.3 Å². The fourth-order valence-electron chi connectivity index (χ4n) is 4.12. The highest BCUT2D eigenvalue weighted by molar-refractivity contribution is 5.73. The molecule has 0 saturated heterocycles. The van der Waals surface area contributed by atoms with E-state index in [4.69, 9.17) is 10.5 Å². The molecule has 3 heteroatoms. The fourth-order valence-corrected chi connectivity index (χ4v) is 4.12. The van der Waals surface area contributed by atoms with Crippen LogP contribution in [0.3, 0.4) is 0 Å². The molecule has 2 unspecified atom stereocenters. The van der Waals surface area contributed by atoms with Crippen molar-refractivity contribution in [2.45, 2.75) is 50.5 Å². The average molecular weight is 351 g/mol. The van der Waals surface area contributed by atoms with Crippen LogP contribution in [0.25, 0.3) is 0 Å². The predicted octanol–water partition coefficient (Wildman–Crippen LogP) is 4.55. The zero-order chi connectivity index (χ0) is 18.6. The number of rotatable bonds is 9. The SMILES string of the molecule is COC(Cc1ccccc1C(C)(CCC(N)=O)C1CC1)c1ccccc1. The minimum Gasteiger partial charge on any atom is -0.376 e. The number of carbonyl (C=O) groups is 1. The lowest BCUT2D eigenvalue weighted by atomic mass is 9.71. The normalized spacial score (nSPS) is 17.5. The number of ether oxygens (including phenoxy) is 1. The molecule has 0 spiro atoms. The summed E-state index contributed by atoms with van der Waals surface area (Å²) in [6.45, 7) is 2.30. The largest absolute Gasteiger partial charge is 0.376 e. The Hall–Kier alpha value is -2.13. The smallest absolute Gasteiger partial charge is 0.217 e. The topological polar surface area (TPSA) is 52.3 Å². The number of primary amides is 1. The van der Waals surface area contributed by atoms with Gasteiger partial charge in [0, 0.05) is 20.0 Å². The molecule has 0 aliphatic heterocycles. The molecule has 1 aliphatic carbocycles. The summed E-state index contributed by atoms with van der Waals surface area (Å²) in [6, 6.07) is 19.0. The maximum absolute atomic E-state index is 11.4. The lowest BCUT2D eigenvalue weighted by Crippen LogP contribution is -2.29. The van der Waals surface area contributed by atoms with Crippen molar-refractivity contribution >= 4 is 5.91 Å². The van der Waals surface area contributed by atoms with Crippen molar-refractivity contribution in [3.05, 3.63) is 71.3 Å². The summed E-state index contributed by atoms with van der Waals surface area (Å²) in [7, 11) is 1.77. The van der Waals surface area contributed by atoms with Crippen LogP contribution in [0.5, 0.6) is 0 Å². The Morgan fingerprint density at radius 1 is 1.15 bits per heavy atom. The van der Waals surface area contributed by atoms with Crippen molar-refractivity contribution in [1.29, 1.82) is 0 Å². The van der Waals surface area contributed by atoms with Crippen molar-refractivity contribution in [2.24, 2.45) is 11.7 Å². The second-order valence-corrected chi connectivity index (χ2v) is 7.65. The van der Waals surface area contributed by atoms with Crippen LogP contribution in [0.1, 0.15) is 55.4 Å². The highest BCUT2D eigenvalue weighted by Gasteiger charge is 2.43. The molecule has 3 rings (SSSR count). The molecular weight excluding hydrogens is 322 g/mol. The Morgan fingerprint density at radius 3 is 2.42 bits per heavy atom. The molecule has 2 atom stereocenters. The van der Waals surface area contributed by atoms with Crippen LogP contribution in [0.4, 0.5) is 0 Å². The summed E-state index contributed by atoms with van der Waals surface area (Å²) in [5, 5.41) is 0. The van der Waals surface area contributed by atoms with Gasteiger partial charge in [-0.3, -0.25) is 4.79 Å². The molecule has 1 amide bonds. The molecule has 1 saturated carbocycles. The minimum atomic E-state index is -0.214. The first kappa shape index (κ1) is 18.7. The van der Waals surface area contributed by atoms with E-state index in [1.807, 2.05) is 6.07 Å². The Balaban J connectivity index is 1.90. The van der Waals surface area contributed by atoms with E-state index < -0.39 is 0 Å². The number of hydrogen-bond acceptors (Lipinski definition) is 2. The van der Waals surface area contributed by atoms with E-state index in [9.17, 15) is 4.79 Å². The summed E-state index contributed by atoms with van der Waals surface area (Å²) < 4.78 is 5.81. The van der Waals surface area contributed by atoms with Crippen LogP contribution in [-0.4, -0.2) is 13.0 Å². The highest BCUT2D eigenvalue weighted by atomic mass is 16.5. The lowest BCUT2D eigenvalue weighted by Gasteiger charge is -2.33. The van der Waals surface area contributed by atoms with Crippen LogP contribution in [0, 0.1) is 5.92 Å². The first-order valence-electron chi connectivity index (χ1n) is 9.49. The third kappa shape index (κ3) is 4.16. The molecular formula is C23H29NO2. The molecule has 2 N–H and O–H groups in total. The first-order chi connectivity index (χ1) is 12.5. The van der Waals surface area contributed by atoms with E-state index in [1.165, 1.54) is 29.5 Å². The number of carbonyl (C=O) groups excluding carboxylic acids is 1. The Labute approximate surface area is 156 Å². The van der Waals surface area contributed by atoms with Gasteiger partial charge in [0.1, 0.15) is 0 Å². The summed E-state index contributed by atoms with van der Waals surface area (Å²) in [6.07, 6.45) is 4.57. The van der Waals surface area contributed by atoms with Crippen molar-refractivity contribution in [3.8, 4) is 0 Å².